The average Bonchev–Trinajstić information content (AvgIpc) is 1.82. The van der Waals surface area contributed by atoms with Gasteiger partial charge in [-0.15, -0.1) is 0 Å². The zero-order chi connectivity index (χ0) is 9.23. The monoisotopic (exact) mass is 158 g/mol. The van der Waals surface area contributed by atoms with Crippen molar-refractivity contribution in [1.82, 2.24) is 0 Å². The molecule has 0 rings (SSSR count). The van der Waals surface area contributed by atoms with E-state index in [2.05, 4.69) is 0 Å². The minimum absolute atomic E-state index is 0.118. The van der Waals surface area contributed by atoms with Crippen molar-refractivity contribution in [3.8, 4) is 0 Å². The van der Waals surface area contributed by atoms with Crippen LogP contribution < -0.4 is 0 Å². The number of aliphatic hydroxyl groups is 1. The largest absolute Gasteiger partial charge is 0.393 e. The molecule has 0 aromatic rings. The van der Waals surface area contributed by atoms with E-state index in [0.717, 1.165) is 0 Å². The smallest absolute Gasteiger partial charge is 0.143 e. The molecule has 1 unspecified atom stereocenters. The summed E-state index contributed by atoms with van der Waals surface area (Å²) in [6, 6.07) is 0. The number of Topliss-reactive ketones (excluding diaryl/α,β-unsaturated/α-hetero) is 1. The van der Waals surface area contributed by atoms with E-state index in [0.29, 0.717) is 0 Å². The van der Waals surface area contributed by atoms with E-state index in [1.165, 1.54) is 0 Å². The van der Waals surface area contributed by atoms with Gasteiger partial charge in [0.05, 0.1) is 6.10 Å². The molecule has 1 N–H and O–H groups in total. The van der Waals surface area contributed by atoms with Crippen LogP contribution in [0.5, 0.6) is 0 Å². The van der Waals surface area contributed by atoms with Crippen LogP contribution in [0.4, 0.5) is 0 Å². The first-order chi connectivity index (χ1) is 4.76. The van der Waals surface area contributed by atoms with Crippen molar-refractivity contribution < 1.29 is 9.90 Å². The van der Waals surface area contributed by atoms with E-state index >= 15 is 0 Å². The van der Waals surface area contributed by atoms with Crippen LogP contribution in [-0.2, 0) is 4.79 Å². The Bertz CT molecular complexity index is 142. The second-order valence-corrected chi connectivity index (χ2v) is 4.14. The number of carbonyl (C=O) groups is 1. The molecule has 0 aliphatic rings. The van der Waals surface area contributed by atoms with Gasteiger partial charge in [0, 0.05) is 11.3 Å². The Morgan fingerprint density at radius 2 is 1.64 bits per heavy atom. The summed E-state index contributed by atoms with van der Waals surface area (Å²) in [6.07, 6.45) is -0.540. The molecule has 0 radical (unpaired) electrons. The second-order valence-electron chi connectivity index (χ2n) is 4.14. The molecule has 2 atom stereocenters. The normalized spacial score (nSPS) is 17.6. The van der Waals surface area contributed by atoms with Gasteiger partial charge in [-0.05, 0) is 6.92 Å². The molecule has 0 heterocycles. The second kappa shape index (κ2) is 3.35. The minimum Gasteiger partial charge on any atom is -0.393 e. The van der Waals surface area contributed by atoms with Crippen molar-refractivity contribution in [3.63, 3.8) is 0 Å². The molecule has 66 valence electrons. The molecule has 0 bridgehead atoms. The zero-order valence-electron chi connectivity index (χ0n) is 8.01. The molecule has 0 aliphatic carbocycles. The molecule has 0 aromatic heterocycles. The lowest BCUT2D eigenvalue weighted by Gasteiger charge is -2.23. The first kappa shape index (κ1) is 10.6. The van der Waals surface area contributed by atoms with Crippen molar-refractivity contribution >= 4 is 5.78 Å². The lowest BCUT2D eigenvalue weighted by molar-refractivity contribution is -0.132. The maximum Gasteiger partial charge on any atom is 0.143 e. The molecule has 0 aliphatic heterocycles. The first-order valence-electron chi connectivity index (χ1n) is 3.99. The number of aliphatic hydroxyl groups excluding tert-OH is 1. The molecule has 11 heavy (non-hydrogen) atoms. The fourth-order valence-corrected chi connectivity index (χ4v) is 0.902. The van der Waals surface area contributed by atoms with Gasteiger partial charge in [-0.2, -0.15) is 0 Å². The Morgan fingerprint density at radius 1 is 1.27 bits per heavy atom. The molecule has 0 saturated heterocycles. The number of carbonyl (C=O) groups excluding carboxylic acids is 1. The highest BCUT2D eigenvalue weighted by Crippen LogP contribution is 2.21. The summed E-state index contributed by atoms with van der Waals surface area (Å²) in [4.78, 5) is 11.4. The van der Waals surface area contributed by atoms with Gasteiger partial charge in [0.2, 0.25) is 0 Å². The number of hydrogen-bond acceptors (Lipinski definition) is 2. The van der Waals surface area contributed by atoms with Crippen LogP contribution in [0.2, 0.25) is 0 Å². The van der Waals surface area contributed by atoms with Crippen molar-refractivity contribution in [2.24, 2.45) is 11.3 Å². The fourth-order valence-electron chi connectivity index (χ4n) is 0.902. The van der Waals surface area contributed by atoms with Crippen LogP contribution in [-0.4, -0.2) is 17.0 Å². The summed E-state index contributed by atoms with van der Waals surface area (Å²) in [5, 5.41) is 9.13. The third-order valence-electron chi connectivity index (χ3n) is 1.88. The Morgan fingerprint density at radius 3 is 1.73 bits per heavy atom. The summed E-state index contributed by atoms with van der Waals surface area (Å²) in [7, 11) is 0. The Hall–Kier alpha value is -0.370. The molecule has 0 aromatic carbocycles. The molecular formula is C9H18O2. The predicted molar refractivity (Wildman–Crippen MR) is 45.3 cm³/mol. The van der Waals surface area contributed by atoms with Gasteiger partial charge in [-0.3, -0.25) is 4.79 Å². The zero-order valence-corrected chi connectivity index (χ0v) is 8.01. The summed E-state index contributed by atoms with van der Waals surface area (Å²) in [5.74, 6) is -0.137. The number of hydrogen-bond donors (Lipinski definition) is 1. The summed E-state index contributed by atoms with van der Waals surface area (Å²) >= 11 is 0. The van der Waals surface area contributed by atoms with Crippen molar-refractivity contribution in [3.05, 3.63) is 0 Å². The lowest BCUT2D eigenvalue weighted by Crippen LogP contribution is -2.32. The molecular weight excluding hydrogens is 140 g/mol. The van der Waals surface area contributed by atoms with E-state index in [4.69, 9.17) is 5.11 Å². The van der Waals surface area contributed by atoms with Gasteiger partial charge in [0.25, 0.3) is 0 Å². The van der Waals surface area contributed by atoms with E-state index in [-0.39, 0.29) is 17.1 Å². The van der Waals surface area contributed by atoms with Crippen LogP contribution in [0.15, 0.2) is 0 Å². The molecule has 2 nitrogen and oxygen atoms in total. The van der Waals surface area contributed by atoms with Crippen LogP contribution in [0.1, 0.15) is 34.6 Å². The quantitative estimate of drug-likeness (QED) is 0.663. The van der Waals surface area contributed by atoms with Crippen LogP contribution in [0, 0.1) is 11.3 Å². The standard InChI is InChI=1S/C9H18O2/c1-6(7(2)10)8(11)9(3,4)5/h6-7,10H,1-5H3/t6?,7-/m0/s1. The maximum absolute atomic E-state index is 11.4. The van der Waals surface area contributed by atoms with Crippen molar-refractivity contribution in [2.45, 2.75) is 40.7 Å². The third-order valence-corrected chi connectivity index (χ3v) is 1.88. The molecule has 2 heteroatoms. The summed E-state index contributed by atoms with van der Waals surface area (Å²) in [5.41, 5.74) is -0.337. The van der Waals surface area contributed by atoms with Gasteiger partial charge < -0.3 is 5.11 Å². The van der Waals surface area contributed by atoms with Gasteiger partial charge >= 0.3 is 0 Å². The molecule has 0 amide bonds. The maximum atomic E-state index is 11.4. The highest BCUT2D eigenvalue weighted by Gasteiger charge is 2.28. The Kier molecular flexibility index (Phi) is 3.24. The first-order valence-corrected chi connectivity index (χ1v) is 3.99. The summed E-state index contributed by atoms with van der Waals surface area (Å²) < 4.78 is 0. The fraction of sp³-hybridized carbons (Fsp3) is 0.889. The van der Waals surface area contributed by atoms with E-state index in [1.807, 2.05) is 20.8 Å². The highest BCUT2D eigenvalue weighted by atomic mass is 16.3. The number of ketones is 1. The Balaban J connectivity index is 4.26. The van der Waals surface area contributed by atoms with Crippen molar-refractivity contribution in [2.75, 3.05) is 0 Å². The molecule has 0 saturated carbocycles. The number of rotatable bonds is 2. The van der Waals surface area contributed by atoms with Gasteiger partial charge in [-0.1, -0.05) is 27.7 Å². The van der Waals surface area contributed by atoms with Crippen LogP contribution in [0.3, 0.4) is 0 Å². The van der Waals surface area contributed by atoms with E-state index in [1.54, 1.807) is 13.8 Å². The van der Waals surface area contributed by atoms with Crippen LogP contribution in [0.25, 0.3) is 0 Å². The van der Waals surface area contributed by atoms with Crippen LogP contribution >= 0.6 is 0 Å². The van der Waals surface area contributed by atoms with E-state index in [9.17, 15) is 4.79 Å². The van der Waals surface area contributed by atoms with Gasteiger partial charge in [0.1, 0.15) is 5.78 Å². The summed E-state index contributed by atoms with van der Waals surface area (Å²) in [6.45, 7) is 9.02. The molecule has 0 spiro atoms. The predicted octanol–water partition coefficient (Wildman–Crippen LogP) is 1.62. The minimum atomic E-state index is -0.540. The van der Waals surface area contributed by atoms with Gasteiger partial charge in [0.15, 0.2) is 0 Å². The lowest BCUT2D eigenvalue weighted by atomic mass is 9.82. The topological polar surface area (TPSA) is 37.3 Å². The highest BCUT2D eigenvalue weighted by molar-refractivity contribution is 5.86. The third kappa shape index (κ3) is 3.02. The van der Waals surface area contributed by atoms with Crippen molar-refractivity contribution in [1.29, 1.82) is 0 Å². The van der Waals surface area contributed by atoms with E-state index < -0.39 is 6.10 Å². The average molecular weight is 158 g/mol. The molecule has 0 fully saturated rings. The SMILES string of the molecule is CC(C(=O)C(C)(C)C)[C@H](C)O. The van der Waals surface area contributed by atoms with Gasteiger partial charge in [-0.25, -0.2) is 0 Å². The Labute approximate surface area is 68.6 Å².